The molecule has 0 aromatic carbocycles. The van der Waals surface area contributed by atoms with Gasteiger partial charge in [0.2, 0.25) is 0 Å². The van der Waals surface area contributed by atoms with Crippen LogP contribution in [0, 0.1) is 0 Å². The Bertz CT molecular complexity index is 560. The van der Waals surface area contributed by atoms with E-state index in [0.717, 1.165) is 0 Å². The van der Waals surface area contributed by atoms with Crippen molar-refractivity contribution in [3.05, 3.63) is 33.7 Å². The molecule has 0 bridgehead atoms. The van der Waals surface area contributed by atoms with E-state index in [0.29, 0.717) is 18.5 Å². The molecule has 0 saturated heterocycles. The molecule has 6 heteroatoms. The predicted molar refractivity (Wildman–Crippen MR) is 61.4 cm³/mol. The van der Waals surface area contributed by atoms with Crippen LogP contribution in [0.2, 0.25) is 0 Å². The van der Waals surface area contributed by atoms with E-state index in [9.17, 15) is 14.4 Å². The minimum absolute atomic E-state index is 0.208. The molecule has 0 saturated carbocycles. The van der Waals surface area contributed by atoms with Crippen molar-refractivity contribution in [2.45, 2.75) is 18.9 Å². The molecular formula is C12H13NO5. The van der Waals surface area contributed by atoms with Crippen LogP contribution in [-0.2, 0) is 20.7 Å². The molecule has 1 aromatic heterocycles. The van der Waals surface area contributed by atoms with Crippen molar-refractivity contribution in [1.29, 1.82) is 0 Å². The van der Waals surface area contributed by atoms with Gasteiger partial charge < -0.3 is 9.47 Å². The molecule has 0 N–H and O–H groups in total. The Balaban J connectivity index is 2.47. The van der Waals surface area contributed by atoms with Gasteiger partial charge in [-0.25, -0.2) is 9.59 Å². The zero-order valence-electron chi connectivity index (χ0n) is 10.1. The maximum atomic E-state index is 11.9. The van der Waals surface area contributed by atoms with E-state index < -0.39 is 18.0 Å². The Hall–Kier alpha value is -2.11. The van der Waals surface area contributed by atoms with Gasteiger partial charge in [-0.15, -0.1) is 0 Å². The molecule has 0 amide bonds. The van der Waals surface area contributed by atoms with Gasteiger partial charge in [0.05, 0.1) is 19.8 Å². The summed E-state index contributed by atoms with van der Waals surface area (Å²) in [4.78, 5) is 34.8. The molecule has 1 aliphatic heterocycles. The van der Waals surface area contributed by atoms with Crippen LogP contribution in [-0.4, -0.2) is 30.7 Å². The summed E-state index contributed by atoms with van der Waals surface area (Å²) in [6, 6.07) is 2.16. The molecule has 2 heterocycles. The van der Waals surface area contributed by atoms with Gasteiger partial charge in [0.15, 0.2) is 0 Å². The summed E-state index contributed by atoms with van der Waals surface area (Å²) >= 11 is 0. The van der Waals surface area contributed by atoms with Gasteiger partial charge in [-0.3, -0.25) is 9.36 Å². The van der Waals surface area contributed by atoms with Crippen LogP contribution in [0.3, 0.4) is 0 Å². The van der Waals surface area contributed by atoms with Crippen molar-refractivity contribution in [3.63, 3.8) is 0 Å². The zero-order chi connectivity index (χ0) is 13.3. The van der Waals surface area contributed by atoms with E-state index in [2.05, 4.69) is 9.47 Å². The highest BCUT2D eigenvalue weighted by Crippen LogP contribution is 2.25. The lowest BCUT2D eigenvalue weighted by Gasteiger charge is -2.12. The second-order valence-electron chi connectivity index (χ2n) is 4.01. The number of carbonyl (C=O) groups excluding carboxylic acids is 2. The minimum Gasteiger partial charge on any atom is -0.467 e. The van der Waals surface area contributed by atoms with Crippen LogP contribution in [0.4, 0.5) is 0 Å². The molecule has 18 heavy (non-hydrogen) atoms. The molecule has 2 rings (SSSR count). The molecule has 1 atom stereocenters. The first-order valence-corrected chi connectivity index (χ1v) is 5.50. The number of fused-ring (bicyclic) bond motifs is 1. The number of pyridine rings is 1. The smallest absolute Gasteiger partial charge is 0.338 e. The molecule has 1 aliphatic rings. The number of esters is 2. The number of aryl methyl sites for hydroxylation is 1. The number of nitrogens with zero attached hydrogens (tertiary/aromatic N) is 1. The normalized spacial score (nSPS) is 17.1. The third-order valence-electron chi connectivity index (χ3n) is 3.03. The highest BCUT2D eigenvalue weighted by molar-refractivity contribution is 5.89. The van der Waals surface area contributed by atoms with Crippen LogP contribution in [0.1, 0.15) is 28.5 Å². The molecule has 96 valence electrons. The van der Waals surface area contributed by atoms with Gasteiger partial charge in [-0.2, -0.15) is 0 Å². The maximum Gasteiger partial charge on any atom is 0.338 e. The number of rotatable bonds is 2. The summed E-state index contributed by atoms with van der Waals surface area (Å²) in [6.07, 6.45) is 1.06. The fraction of sp³-hybridized carbons (Fsp3) is 0.417. The highest BCUT2D eigenvalue weighted by Gasteiger charge is 2.30. The van der Waals surface area contributed by atoms with Crippen LogP contribution < -0.4 is 5.56 Å². The van der Waals surface area contributed by atoms with Gasteiger partial charge in [0, 0.05) is 11.8 Å². The summed E-state index contributed by atoms with van der Waals surface area (Å²) in [5, 5.41) is 0. The van der Waals surface area contributed by atoms with Crippen molar-refractivity contribution < 1.29 is 19.1 Å². The Kier molecular flexibility index (Phi) is 3.18. The van der Waals surface area contributed by atoms with Crippen molar-refractivity contribution in [2.24, 2.45) is 0 Å². The number of hydrogen-bond acceptors (Lipinski definition) is 5. The lowest BCUT2D eigenvalue weighted by atomic mass is 10.2. The van der Waals surface area contributed by atoms with Gasteiger partial charge in [0.1, 0.15) is 6.04 Å². The number of carbonyl (C=O) groups is 2. The second kappa shape index (κ2) is 4.64. The standard InChI is InChI=1S/C12H13NO5/c1-17-11(15)7-5-8-3-4-9(12(16)18-2)13(8)10(14)6-7/h5-6,9H,3-4H2,1-2H3. The van der Waals surface area contributed by atoms with Gasteiger partial charge in [0.25, 0.3) is 5.56 Å². The van der Waals surface area contributed by atoms with E-state index in [4.69, 9.17) is 0 Å². The molecule has 0 aliphatic carbocycles. The summed E-state index contributed by atoms with van der Waals surface area (Å²) in [5.74, 6) is -1.00. The van der Waals surface area contributed by atoms with Gasteiger partial charge in [-0.1, -0.05) is 0 Å². The molecule has 1 aromatic rings. The lowest BCUT2D eigenvalue weighted by molar-refractivity contribution is -0.144. The van der Waals surface area contributed by atoms with Crippen molar-refractivity contribution in [2.75, 3.05) is 14.2 Å². The lowest BCUT2D eigenvalue weighted by Crippen LogP contribution is -2.28. The number of aromatic nitrogens is 1. The van der Waals surface area contributed by atoms with E-state index in [1.807, 2.05) is 0 Å². The number of hydrogen-bond donors (Lipinski definition) is 0. The molecule has 6 nitrogen and oxygen atoms in total. The second-order valence-corrected chi connectivity index (χ2v) is 4.01. The molecule has 1 unspecified atom stereocenters. The Labute approximate surface area is 103 Å². The minimum atomic E-state index is -0.593. The van der Waals surface area contributed by atoms with Crippen molar-refractivity contribution in [1.82, 2.24) is 4.57 Å². The summed E-state index contributed by atoms with van der Waals surface area (Å²) < 4.78 is 10.6. The maximum absolute atomic E-state index is 11.9. The van der Waals surface area contributed by atoms with Crippen LogP contribution in [0.5, 0.6) is 0 Å². The monoisotopic (exact) mass is 251 g/mol. The van der Waals surface area contributed by atoms with E-state index >= 15 is 0 Å². The van der Waals surface area contributed by atoms with Gasteiger partial charge >= 0.3 is 11.9 Å². The van der Waals surface area contributed by atoms with Crippen LogP contribution in [0.25, 0.3) is 0 Å². The van der Waals surface area contributed by atoms with E-state index in [1.165, 1.54) is 24.9 Å². The summed E-state index contributed by atoms with van der Waals surface area (Å²) in [6.45, 7) is 0. The Morgan fingerprint density at radius 1 is 1.28 bits per heavy atom. The van der Waals surface area contributed by atoms with Crippen LogP contribution >= 0.6 is 0 Å². The average Bonchev–Trinajstić information content (AvgIpc) is 2.81. The highest BCUT2D eigenvalue weighted by atomic mass is 16.5. The van der Waals surface area contributed by atoms with E-state index in [-0.39, 0.29) is 11.1 Å². The topological polar surface area (TPSA) is 74.6 Å². The largest absolute Gasteiger partial charge is 0.467 e. The third kappa shape index (κ3) is 1.90. The summed E-state index contributed by atoms with van der Waals surface area (Å²) in [5.41, 5.74) is 0.471. The molecule has 0 spiro atoms. The van der Waals surface area contributed by atoms with Gasteiger partial charge in [-0.05, 0) is 18.9 Å². The van der Waals surface area contributed by atoms with Crippen molar-refractivity contribution >= 4 is 11.9 Å². The SMILES string of the molecule is COC(=O)c1cc2n(c(=O)c1)C(C(=O)OC)CC2. The Morgan fingerprint density at radius 2 is 2.00 bits per heavy atom. The number of methoxy groups -OCH3 is 2. The Morgan fingerprint density at radius 3 is 2.61 bits per heavy atom. The molecular weight excluding hydrogens is 238 g/mol. The fourth-order valence-corrected chi connectivity index (χ4v) is 2.19. The summed E-state index contributed by atoms with van der Waals surface area (Å²) in [7, 11) is 2.54. The first kappa shape index (κ1) is 12.3. The first-order chi connectivity index (χ1) is 8.58. The third-order valence-corrected chi connectivity index (χ3v) is 3.03. The number of ether oxygens (including phenoxy) is 2. The average molecular weight is 251 g/mol. The van der Waals surface area contributed by atoms with Crippen LogP contribution in [0.15, 0.2) is 16.9 Å². The zero-order valence-corrected chi connectivity index (χ0v) is 10.1. The molecule has 0 fully saturated rings. The van der Waals surface area contributed by atoms with Crippen molar-refractivity contribution in [3.8, 4) is 0 Å². The fourth-order valence-electron chi connectivity index (χ4n) is 2.19. The molecule has 0 radical (unpaired) electrons. The first-order valence-electron chi connectivity index (χ1n) is 5.50. The predicted octanol–water partition coefficient (Wildman–Crippen LogP) is 0.295. The van der Waals surface area contributed by atoms with E-state index in [1.54, 1.807) is 6.07 Å². The quantitative estimate of drug-likeness (QED) is 0.706.